The van der Waals surface area contributed by atoms with Crippen LogP contribution in [0.15, 0.2) is 48.5 Å². The normalized spacial score (nSPS) is 19.1. The molecule has 1 fully saturated rings. The Bertz CT molecular complexity index is 960. The number of nitro benzene ring substituents is 1. The summed E-state index contributed by atoms with van der Waals surface area (Å²) in [7, 11) is 0. The van der Waals surface area contributed by atoms with Crippen LogP contribution in [0.25, 0.3) is 0 Å². The zero-order valence-electron chi connectivity index (χ0n) is 14.1. The number of carbonyl (C=O) groups excluding carboxylic acids is 3. The minimum Gasteiger partial charge on any atom is -0.319 e. The van der Waals surface area contributed by atoms with E-state index in [-0.39, 0.29) is 16.3 Å². The van der Waals surface area contributed by atoms with Gasteiger partial charge in [-0.2, -0.15) is 0 Å². The van der Waals surface area contributed by atoms with Gasteiger partial charge >= 0.3 is 6.03 Å². The van der Waals surface area contributed by atoms with E-state index in [2.05, 4.69) is 5.32 Å². The number of non-ortho nitro benzene ring substituents is 1. The van der Waals surface area contributed by atoms with Crippen LogP contribution in [-0.4, -0.2) is 34.1 Å². The minimum atomic E-state index is -1.42. The molecule has 0 radical (unpaired) electrons. The van der Waals surface area contributed by atoms with Crippen molar-refractivity contribution in [2.45, 2.75) is 12.5 Å². The second-order valence-electron chi connectivity index (χ2n) is 6.15. The average Bonchev–Trinajstić information content (AvgIpc) is 2.86. The molecule has 1 aliphatic rings. The third-order valence-corrected chi connectivity index (χ3v) is 4.74. The van der Waals surface area contributed by atoms with Crippen LogP contribution in [0, 0.1) is 10.1 Å². The van der Waals surface area contributed by atoms with E-state index >= 15 is 0 Å². The Morgan fingerprint density at radius 2 is 1.81 bits per heavy atom. The number of benzene rings is 2. The van der Waals surface area contributed by atoms with Crippen LogP contribution in [0.2, 0.25) is 5.02 Å². The first-order chi connectivity index (χ1) is 12.7. The van der Waals surface area contributed by atoms with E-state index in [0.717, 1.165) is 4.90 Å². The fourth-order valence-electron chi connectivity index (χ4n) is 2.87. The van der Waals surface area contributed by atoms with Gasteiger partial charge in [-0.05, 0) is 36.8 Å². The molecule has 2 aromatic rings. The Labute approximate surface area is 158 Å². The molecule has 8 nitrogen and oxygen atoms in total. The Balaban J connectivity index is 1.85. The van der Waals surface area contributed by atoms with E-state index in [4.69, 9.17) is 11.6 Å². The van der Waals surface area contributed by atoms with Gasteiger partial charge < -0.3 is 5.32 Å². The summed E-state index contributed by atoms with van der Waals surface area (Å²) in [6.45, 7) is 1.02. The van der Waals surface area contributed by atoms with Crippen molar-refractivity contribution in [3.05, 3.63) is 74.8 Å². The molecular formula is C18H14ClN3O5. The van der Waals surface area contributed by atoms with Crippen molar-refractivity contribution >= 4 is 35.0 Å². The lowest BCUT2D eigenvalue weighted by atomic mass is 9.92. The van der Waals surface area contributed by atoms with Crippen LogP contribution in [0.1, 0.15) is 22.8 Å². The van der Waals surface area contributed by atoms with Gasteiger partial charge in [-0.3, -0.25) is 24.6 Å². The molecule has 3 rings (SSSR count). The maximum atomic E-state index is 12.8. The van der Waals surface area contributed by atoms with Crippen molar-refractivity contribution in [3.8, 4) is 0 Å². The second-order valence-corrected chi connectivity index (χ2v) is 6.56. The zero-order valence-corrected chi connectivity index (χ0v) is 14.9. The van der Waals surface area contributed by atoms with Crippen LogP contribution in [-0.2, 0) is 10.3 Å². The van der Waals surface area contributed by atoms with Crippen LogP contribution >= 0.6 is 11.6 Å². The number of halogens is 1. The van der Waals surface area contributed by atoms with E-state index < -0.39 is 34.7 Å². The SMILES string of the molecule is C[C@]1(c2ccc([N+](=O)[O-])cc2)NC(=O)N(CC(=O)c2ccccc2Cl)C1=O. The Kier molecular flexibility index (Phi) is 4.67. The topological polar surface area (TPSA) is 110 Å². The summed E-state index contributed by atoms with van der Waals surface area (Å²) in [4.78, 5) is 48.6. The van der Waals surface area contributed by atoms with Gasteiger partial charge in [0.25, 0.3) is 11.6 Å². The molecule has 0 saturated carbocycles. The van der Waals surface area contributed by atoms with Crippen molar-refractivity contribution in [3.63, 3.8) is 0 Å². The average molecular weight is 388 g/mol. The molecule has 9 heteroatoms. The number of hydrogen-bond acceptors (Lipinski definition) is 5. The lowest BCUT2D eigenvalue weighted by Crippen LogP contribution is -2.41. The number of carbonyl (C=O) groups is 3. The Morgan fingerprint density at radius 3 is 2.41 bits per heavy atom. The van der Waals surface area contributed by atoms with Gasteiger partial charge in [-0.1, -0.05) is 23.7 Å². The largest absolute Gasteiger partial charge is 0.325 e. The summed E-state index contributed by atoms with van der Waals surface area (Å²) in [5.41, 5.74) is -0.972. The Hall–Kier alpha value is -3.26. The summed E-state index contributed by atoms with van der Waals surface area (Å²) in [6, 6.07) is 10.9. The molecule has 27 heavy (non-hydrogen) atoms. The number of rotatable bonds is 5. The van der Waals surface area contributed by atoms with Gasteiger partial charge in [0.15, 0.2) is 5.78 Å². The van der Waals surface area contributed by atoms with Crippen molar-refractivity contribution in [2.75, 3.05) is 6.54 Å². The number of imide groups is 1. The number of amides is 3. The highest BCUT2D eigenvalue weighted by Gasteiger charge is 2.49. The van der Waals surface area contributed by atoms with E-state index in [1.807, 2.05) is 0 Å². The molecule has 0 spiro atoms. The maximum Gasteiger partial charge on any atom is 0.325 e. The highest BCUT2D eigenvalue weighted by molar-refractivity contribution is 6.34. The highest BCUT2D eigenvalue weighted by atomic mass is 35.5. The molecular weight excluding hydrogens is 374 g/mol. The molecule has 0 unspecified atom stereocenters. The van der Waals surface area contributed by atoms with Gasteiger partial charge in [0, 0.05) is 17.7 Å². The van der Waals surface area contributed by atoms with Crippen LogP contribution in [0.3, 0.4) is 0 Å². The van der Waals surface area contributed by atoms with Crippen LogP contribution < -0.4 is 5.32 Å². The molecule has 1 N–H and O–H groups in total. The van der Waals surface area contributed by atoms with Crippen molar-refractivity contribution < 1.29 is 19.3 Å². The summed E-state index contributed by atoms with van der Waals surface area (Å²) in [6.07, 6.45) is 0. The van der Waals surface area contributed by atoms with Crippen LogP contribution in [0.4, 0.5) is 10.5 Å². The van der Waals surface area contributed by atoms with Crippen molar-refractivity contribution in [1.82, 2.24) is 10.2 Å². The highest BCUT2D eigenvalue weighted by Crippen LogP contribution is 2.30. The molecule has 2 aromatic carbocycles. The molecule has 1 saturated heterocycles. The summed E-state index contributed by atoms with van der Waals surface area (Å²) in [5.74, 6) is -1.10. The minimum absolute atomic E-state index is 0.134. The van der Waals surface area contributed by atoms with Crippen molar-refractivity contribution in [1.29, 1.82) is 0 Å². The molecule has 3 amide bonds. The Morgan fingerprint density at radius 1 is 1.19 bits per heavy atom. The van der Waals surface area contributed by atoms with Gasteiger partial charge in [0.05, 0.1) is 16.5 Å². The molecule has 0 aliphatic carbocycles. The molecule has 138 valence electrons. The van der Waals surface area contributed by atoms with E-state index in [0.29, 0.717) is 5.56 Å². The molecule has 1 atom stereocenters. The lowest BCUT2D eigenvalue weighted by molar-refractivity contribution is -0.384. The van der Waals surface area contributed by atoms with Gasteiger partial charge in [0.2, 0.25) is 0 Å². The summed E-state index contributed by atoms with van der Waals surface area (Å²) >= 11 is 5.99. The number of urea groups is 1. The first-order valence-corrected chi connectivity index (χ1v) is 8.28. The predicted molar refractivity (Wildman–Crippen MR) is 96.5 cm³/mol. The fraction of sp³-hybridized carbons (Fsp3) is 0.167. The smallest absolute Gasteiger partial charge is 0.319 e. The van der Waals surface area contributed by atoms with Gasteiger partial charge in [-0.25, -0.2) is 4.79 Å². The molecule has 0 bridgehead atoms. The van der Waals surface area contributed by atoms with Crippen LogP contribution in [0.5, 0.6) is 0 Å². The number of ketones is 1. The third-order valence-electron chi connectivity index (χ3n) is 4.41. The molecule has 0 aromatic heterocycles. The quantitative estimate of drug-likeness (QED) is 0.367. The first-order valence-electron chi connectivity index (χ1n) is 7.91. The monoisotopic (exact) mass is 387 g/mol. The van der Waals surface area contributed by atoms with Crippen molar-refractivity contribution in [2.24, 2.45) is 0 Å². The van der Waals surface area contributed by atoms with Gasteiger partial charge in [-0.15, -0.1) is 0 Å². The number of Topliss-reactive ketones (excluding diaryl/α,β-unsaturated/α-hetero) is 1. The standard InChI is InChI=1S/C18H14ClN3O5/c1-18(11-6-8-12(9-7-11)22(26)27)16(24)21(17(25)20-18)10-15(23)13-4-2-3-5-14(13)19/h2-9H,10H2,1H3,(H,20,25)/t18-/m1/s1. The lowest BCUT2D eigenvalue weighted by Gasteiger charge is -2.22. The molecule has 1 heterocycles. The number of nitro groups is 1. The number of nitrogens with zero attached hydrogens (tertiary/aromatic N) is 2. The summed E-state index contributed by atoms with van der Waals surface area (Å²) < 4.78 is 0. The third kappa shape index (κ3) is 3.26. The maximum absolute atomic E-state index is 12.8. The van der Waals surface area contributed by atoms with E-state index in [1.54, 1.807) is 18.2 Å². The van der Waals surface area contributed by atoms with E-state index in [1.165, 1.54) is 37.3 Å². The molecule has 1 aliphatic heterocycles. The first kappa shape index (κ1) is 18.5. The summed E-state index contributed by atoms with van der Waals surface area (Å²) in [5, 5.41) is 13.6. The van der Waals surface area contributed by atoms with E-state index in [9.17, 15) is 24.5 Å². The number of nitrogens with one attached hydrogen (secondary N) is 1. The fourth-order valence-corrected chi connectivity index (χ4v) is 3.11. The second kappa shape index (κ2) is 6.81. The van der Waals surface area contributed by atoms with Gasteiger partial charge in [0.1, 0.15) is 5.54 Å². The predicted octanol–water partition coefficient (Wildman–Crippen LogP) is 2.90. The number of hydrogen-bond donors (Lipinski definition) is 1. The zero-order chi connectivity index (χ0) is 19.8.